The lowest BCUT2D eigenvalue weighted by Gasteiger charge is -2.42. The standard InChI is InChI=1S/C25H27Cl2N3O2/c1-16-10-18(20-13-30(14-20)24-22(26)4-3-5-23(24)27)11-19(12-28)21(16)15-29-8-6-17(7-9-29)25(31)32-2/h3-5,10-11,17,20H,6-9,13-15H2,1-2H3. The summed E-state index contributed by atoms with van der Waals surface area (Å²) in [5.41, 5.74) is 5.04. The molecule has 0 spiro atoms. The summed E-state index contributed by atoms with van der Waals surface area (Å²) in [6.45, 7) is 6.14. The number of methoxy groups -OCH3 is 1. The zero-order valence-corrected chi connectivity index (χ0v) is 19.9. The summed E-state index contributed by atoms with van der Waals surface area (Å²) in [6.07, 6.45) is 1.60. The number of likely N-dealkylation sites (tertiary alicyclic amines) is 1. The number of benzene rings is 2. The molecule has 2 aliphatic rings. The molecule has 0 atom stereocenters. The van der Waals surface area contributed by atoms with E-state index in [1.165, 1.54) is 12.7 Å². The molecule has 5 nitrogen and oxygen atoms in total. The lowest BCUT2D eigenvalue weighted by Crippen LogP contribution is -2.45. The maximum absolute atomic E-state index is 11.8. The highest BCUT2D eigenvalue weighted by Gasteiger charge is 2.32. The zero-order valence-electron chi connectivity index (χ0n) is 18.4. The van der Waals surface area contributed by atoms with Crippen molar-refractivity contribution in [1.82, 2.24) is 4.90 Å². The molecule has 2 aromatic carbocycles. The van der Waals surface area contributed by atoms with Crippen molar-refractivity contribution in [3.63, 3.8) is 0 Å². The van der Waals surface area contributed by atoms with Crippen molar-refractivity contribution in [3.8, 4) is 6.07 Å². The molecular weight excluding hydrogens is 445 g/mol. The third kappa shape index (κ3) is 4.59. The van der Waals surface area contributed by atoms with Gasteiger partial charge < -0.3 is 9.64 Å². The predicted molar refractivity (Wildman–Crippen MR) is 127 cm³/mol. The van der Waals surface area contributed by atoms with Gasteiger partial charge in [0.05, 0.1) is 40.4 Å². The zero-order chi connectivity index (χ0) is 22.8. The van der Waals surface area contributed by atoms with Crippen LogP contribution in [0, 0.1) is 24.2 Å². The number of piperidine rings is 1. The summed E-state index contributed by atoms with van der Waals surface area (Å²) in [7, 11) is 1.45. The molecule has 2 aromatic rings. The molecule has 0 unspecified atom stereocenters. The number of nitriles is 1. The quantitative estimate of drug-likeness (QED) is 0.563. The minimum Gasteiger partial charge on any atom is -0.469 e. The molecule has 0 N–H and O–H groups in total. The van der Waals surface area contributed by atoms with Gasteiger partial charge in [-0.15, -0.1) is 0 Å². The van der Waals surface area contributed by atoms with E-state index in [0.717, 1.165) is 67.9 Å². The van der Waals surface area contributed by atoms with E-state index in [0.29, 0.717) is 16.0 Å². The lowest BCUT2D eigenvalue weighted by atomic mass is 9.86. The van der Waals surface area contributed by atoms with Crippen molar-refractivity contribution in [3.05, 3.63) is 62.6 Å². The number of para-hydroxylation sites is 1. The Morgan fingerprint density at radius 3 is 2.44 bits per heavy atom. The summed E-state index contributed by atoms with van der Waals surface area (Å²) >= 11 is 12.7. The minimum absolute atomic E-state index is 0.0108. The van der Waals surface area contributed by atoms with Crippen LogP contribution in [0.2, 0.25) is 10.0 Å². The average Bonchev–Trinajstić information content (AvgIpc) is 2.76. The van der Waals surface area contributed by atoms with Crippen molar-refractivity contribution in [1.29, 1.82) is 5.26 Å². The van der Waals surface area contributed by atoms with E-state index in [2.05, 4.69) is 28.9 Å². The molecule has 2 saturated heterocycles. The monoisotopic (exact) mass is 471 g/mol. The first-order valence-corrected chi connectivity index (χ1v) is 11.7. The Morgan fingerprint density at radius 2 is 1.84 bits per heavy atom. The summed E-state index contributed by atoms with van der Waals surface area (Å²) in [6, 6.07) is 12.2. The van der Waals surface area contributed by atoms with Gasteiger partial charge in [0.1, 0.15) is 0 Å². The Kier molecular flexibility index (Phi) is 6.95. The Hall–Kier alpha value is -2.26. The van der Waals surface area contributed by atoms with Gasteiger partial charge in [0.25, 0.3) is 0 Å². The topological polar surface area (TPSA) is 56.6 Å². The number of esters is 1. The van der Waals surface area contributed by atoms with Crippen molar-refractivity contribution in [2.75, 3.05) is 38.2 Å². The molecule has 32 heavy (non-hydrogen) atoms. The number of carbonyl (C=O) groups is 1. The van der Waals surface area contributed by atoms with Gasteiger partial charge in [-0.05, 0) is 67.7 Å². The molecule has 0 radical (unpaired) electrons. The van der Waals surface area contributed by atoms with Gasteiger partial charge in [0, 0.05) is 25.6 Å². The molecule has 168 valence electrons. The van der Waals surface area contributed by atoms with E-state index in [1.807, 2.05) is 24.3 Å². The van der Waals surface area contributed by atoms with E-state index in [1.54, 1.807) is 0 Å². The van der Waals surface area contributed by atoms with E-state index in [9.17, 15) is 10.1 Å². The van der Waals surface area contributed by atoms with Crippen molar-refractivity contribution in [2.45, 2.75) is 32.2 Å². The number of halogens is 2. The number of aryl methyl sites for hydroxylation is 1. The Morgan fingerprint density at radius 1 is 1.19 bits per heavy atom. The summed E-state index contributed by atoms with van der Waals surface area (Å²) < 4.78 is 4.88. The van der Waals surface area contributed by atoms with Crippen LogP contribution in [-0.2, 0) is 16.1 Å². The smallest absolute Gasteiger partial charge is 0.308 e. The normalized spacial score (nSPS) is 17.7. The van der Waals surface area contributed by atoms with Crippen molar-refractivity contribution in [2.24, 2.45) is 5.92 Å². The second-order valence-corrected chi connectivity index (χ2v) is 9.54. The molecule has 2 fully saturated rings. The molecule has 0 bridgehead atoms. The Labute approximate surface area is 199 Å². The van der Waals surface area contributed by atoms with Gasteiger partial charge in [-0.3, -0.25) is 9.69 Å². The van der Waals surface area contributed by atoms with Crippen LogP contribution in [0.25, 0.3) is 0 Å². The van der Waals surface area contributed by atoms with Crippen LogP contribution in [0.1, 0.15) is 41.0 Å². The fourth-order valence-corrected chi connectivity index (χ4v) is 5.41. The highest BCUT2D eigenvalue weighted by atomic mass is 35.5. The molecular formula is C25H27Cl2N3O2. The first-order valence-electron chi connectivity index (χ1n) is 10.9. The van der Waals surface area contributed by atoms with Crippen LogP contribution >= 0.6 is 23.2 Å². The molecule has 0 aromatic heterocycles. The fourth-order valence-electron chi connectivity index (χ4n) is 4.77. The highest BCUT2D eigenvalue weighted by Crippen LogP contribution is 2.40. The predicted octanol–water partition coefficient (Wildman–Crippen LogP) is 5.16. The van der Waals surface area contributed by atoms with E-state index in [4.69, 9.17) is 27.9 Å². The molecule has 0 aliphatic carbocycles. The largest absolute Gasteiger partial charge is 0.469 e. The lowest BCUT2D eigenvalue weighted by molar-refractivity contribution is -0.147. The summed E-state index contributed by atoms with van der Waals surface area (Å²) in [4.78, 5) is 16.3. The van der Waals surface area contributed by atoms with Gasteiger partial charge >= 0.3 is 5.97 Å². The summed E-state index contributed by atoms with van der Waals surface area (Å²) in [5, 5.41) is 11.2. The second-order valence-electron chi connectivity index (χ2n) is 8.72. The maximum atomic E-state index is 11.8. The Balaban J connectivity index is 1.44. The molecule has 4 rings (SSSR count). The van der Waals surface area contributed by atoms with Crippen LogP contribution in [0.3, 0.4) is 0 Å². The van der Waals surface area contributed by atoms with Crippen LogP contribution in [0.4, 0.5) is 5.69 Å². The summed E-state index contributed by atoms with van der Waals surface area (Å²) in [5.74, 6) is 0.219. The second kappa shape index (κ2) is 9.70. The molecule has 2 aliphatic heterocycles. The van der Waals surface area contributed by atoms with Crippen LogP contribution < -0.4 is 4.90 Å². The van der Waals surface area contributed by atoms with Crippen LogP contribution in [0.5, 0.6) is 0 Å². The first kappa shape index (κ1) is 22.9. The number of hydrogen-bond donors (Lipinski definition) is 0. The number of hydrogen-bond acceptors (Lipinski definition) is 5. The maximum Gasteiger partial charge on any atom is 0.308 e. The SMILES string of the molecule is COC(=O)C1CCN(Cc2c(C)cc(C3CN(c4c(Cl)cccc4Cl)C3)cc2C#N)CC1. The van der Waals surface area contributed by atoms with E-state index >= 15 is 0 Å². The Bertz CT molecular complexity index is 1030. The average molecular weight is 472 g/mol. The van der Waals surface area contributed by atoms with Crippen LogP contribution in [-0.4, -0.2) is 44.2 Å². The molecule has 0 saturated carbocycles. The number of nitrogens with zero attached hydrogens (tertiary/aromatic N) is 3. The number of ether oxygens (including phenoxy) is 1. The third-order valence-electron chi connectivity index (χ3n) is 6.73. The minimum atomic E-state index is -0.115. The highest BCUT2D eigenvalue weighted by molar-refractivity contribution is 6.39. The molecule has 2 heterocycles. The number of anilines is 1. The van der Waals surface area contributed by atoms with Gasteiger partial charge in [-0.25, -0.2) is 0 Å². The molecule has 0 amide bonds. The van der Waals surface area contributed by atoms with Crippen molar-refractivity contribution >= 4 is 34.9 Å². The van der Waals surface area contributed by atoms with Gasteiger partial charge in [-0.2, -0.15) is 5.26 Å². The van der Waals surface area contributed by atoms with Crippen molar-refractivity contribution < 1.29 is 9.53 Å². The first-order chi connectivity index (χ1) is 15.4. The number of carbonyl (C=O) groups excluding carboxylic acids is 1. The number of rotatable bonds is 5. The third-order valence-corrected chi connectivity index (χ3v) is 7.34. The fraction of sp³-hybridized carbons (Fsp3) is 0.440. The van der Waals surface area contributed by atoms with E-state index < -0.39 is 0 Å². The van der Waals surface area contributed by atoms with E-state index in [-0.39, 0.29) is 11.9 Å². The van der Waals surface area contributed by atoms with Crippen LogP contribution in [0.15, 0.2) is 30.3 Å². The van der Waals surface area contributed by atoms with Gasteiger partial charge in [0.2, 0.25) is 0 Å². The molecule has 7 heteroatoms. The van der Waals surface area contributed by atoms with Gasteiger partial charge in [0.15, 0.2) is 0 Å². The van der Waals surface area contributed by atoms with Gasteiger partial charge in [-0.1, -0.05) is 35.3 Å².